The number of nitrogens with two attached hydrogens (primary N) is 4. The molecule has 8 atom stereocenters. The number of benzene rings is 1. The molecule has 23 nitrogen and oxygen atoms in total. The topological polar surface area (TPSA) is 339 Å². The molecule has 0 bridgehead atoms. The minimum absolute atomic E-state index is 0.00640. The molecule has 97 heavy (non-hydrogen) atoms. The van der Waals surface area contributed by atoms with Gasteiger partial charge in [0.1, 0.15) is 19.1 Å². The van der Waals surface area contributed by atoms with E-state index in [1.54, 1.807) is 82.4 Å². The number of methoxy groups -OCH3 is 2. The van der Waals surface area contributed by atoms with Crippen LogP contribution < -0.4 is 33.6 Å². The number of ether oxygens (including phenoxy) is 3. The van der Waals surface area contributed by atoms with Gasteiger partial charge in [0.2, 0.25) is 48.3 Å². The fourth-order valence-corrected chi connectivity index (χ4v) is 10.8. The van der Waals surface area contributed by atoms with Gasteiger partial charge in [0, 0.05) is 77.8 Å². The predicted octanol–water partition coefficient (Wildman–Crippen LogP) is 11.1. The lowest BCUT2D eigenvalue weighted by molar-refractivity contribution is -0.154. The number of anilines is 1. The average molecular weight is 1390 g/mol. The van der Waals surface area contributed by atoms with Crippen LogP contribution in [-0.2, 0) is 64.0 Å². The van der Waals surface area contributed by atoms with Crippen molar-refractivity contribution in [2.45, 2.75) is 248 Å². The molecular formula is C73H134N10O13S. The molecule has 1 saturated heterocycles. The summed E-state index contributed by atoms with van der Waals surface area (Å²) >= 11 is 1.57. The molecule has 1 aliphatic heterocycles. The Hall–Kier alpha value is -6.47. The number of unbranched alkanes of at least 4 members (excludes halogenated alkanes) is 3. The summed E-state index contributed by atoms with van der Waals surface area (Å²) in [7, 11) is 8.40. The van der Waals surface area contributed by atoms with Crippen LogP contribution in [0.1, 0.15) is 212 Å². The van der Waals surface area contributed by atoms with Gasteiger partial charge >= 0.3 is 6.09 Å². The summed E-state index contributed by atoms with van der Waals surface area (Å²) in [5.41, 5.74) is 22.0. The first-order valence-corrected chi connectivity index (χ1v) is 35.7. The number of carbonyl (C=O) groups is 10. The standard InChI is InChI=1S/C29H53N3O4.C20H30N2O4.C17H31N3O3S.C3H8.C2H6.2CH3NO/c1-11-15-19-32(29(36-10)23(6)17-18-24(14-4)16-12-2)26(33)20-25(35-9)28(22(5)13-3)31(8)27(34)21-30-7;1-14(2)6-11-19(24)21-17-9-7-16(8-10-17)13-26-20(25)22(5)18(12-23)15(3)4;1-3-17(2,19)9-7-11-24-13-12-15(22)20(16(13)23)10-6-4-5-8-14(18)21;1-3-2;1-2;2*2-1-3/h12,14,16,22-23,25,28-30H,2,4,11,13,15,17-21H2,1,3,5-10H3;7-10,12,14-15,18H,6,11,13H2,1-5H3,(H,21,24);13H,3-12,19H2,1-2H3,(H2,18,21);3H2,1-2H3;1-2H3;2*1H,(H2,2,3)/b24-16+;;;;;;. The number of thioether (sulfide) groups is 1. The van der Waals surface area contributed by atoms with Crippen molar-refractivity contribution in [1.29, 1.82) is 0 Å². The minimum Gasteiger partial charge on any atom is -0.445 e. The summed E-state index contributed by atoms with van der Waals surface area (Å²) in [4.78, 5) is 120. The van der Waals surface area contributed by atoms with Gasteiger partial charge in [0.05, 0.1) is 36.4 Å². The maximum absolute atomic E-state index is 13.8. The molecule has 0 saturated carbocycles. The van der Waals surface area contributed by atoms with Crippen LogP contribution in [0.5, 0.6) is 0 Å². The van der Waals surface area contributed by atoms with Gasteiger partial charge < -0.3 is 67.3 Å². The van der Waals surface area contributed by atoms with Crippen molar-refractivity contribution in [3.05, 3.63) is 66.8 Å². The van der Waals surface area contributed by atoms with E-state index in [1.165, 1.54) is 16.2 Å². The Morgan fingerprint density at radius 2 is 1.40 bits per heavy atom. The van der Waals surface area contributed by atoms with E-state index < -0.39 is 18.2 Å². The average Bonchev–Trinajstić information content (AvgIpc) is 1.84. The number of nitrogens with zero attached hydrogens (tertiary/aromatic N) is 4. The second-order valence-corrected chi connectivity index (χ2v) is 26.0. The molecule has 1 aliphatic rings. The number of aldehydes is 1. The molecule has 8 unspecified atom stereocenters. The third-order valence-corrected chi connectivity index (χ3v) is 17.0. The number of amides is 9. The molecular weight excluding hydrogens is 1260 g/mol. The lowest BCUT2D eigenvalue weighted by Gasteiger charge is -2.40. The summed E-state index contributed by atoms with van der Waals surface area (Å²) in [6.07, 6.45) is 18.4. The molecule has 0 radical (unpaired) electrons. The van der Waals surface area contributed by atoms with Crippen molar-refractivity contribution in [3.8, 4) is 0 Å². The van der Waals surface area contributed by atoms with E-state index in [4.69, 9.17) is 35.3 Å². The third kappa shape index (κ3) is 46.4. The van der Waals surface area contributed by atoms with Crippen LogP contribution in [0.25, 0.3) is 0 Å². The van der Waals surface area contributed by atoms with E-state index in [9.17, 15) is 38.4 Å². The van der Waals surface area contributed by atoms with E-state index in [0.717, 1.165) is 93.8 Å². The Morgan fingerprint density at radius 1 is 0.814 bits per heavy atom. The van der Waals surface area contributed by atoms with Gasteiger partial charge in [0.25, 0.3) is 0 Å². The van der Waals surface area contributed by atoms with Crippen LogP contribution in [-0.4, -0.2) is 176 Å². The molecule has 1 aromatic carbocycles. The lowest BCUT2D eigenvalue weighted by atomic mass is 9.90. The van der Waals surface area contributed by atoms with Crippen LogP contribution in [0.2, 0.25) is 0 Å². The number of primary amides is 3. The van der Waals surface area contributed by atoms with Crippen molar-refractivity contribution >= 4 is 78.1 Å². The molecule has 1 fully saturated rings. The zero-order chi connectivity index (χ0) is 75.6. The van der Waals surface area contributed by atoms with Gasteiger partial charge in [-0.1, -0.05) is 159 Å². The SMILES string of the molecule is C=C/C=C(\C=C)CCC(C)C(OC)N(CCCC)C(=O)CC(OC)C(C(C)CC)N(C)C(=O)CNC.CC.CC(C)CCC(=O)Nc1ccc(COC(=O)N(C)C(C=O)C(C)C)cc1.CCC.CCC(C)(N)CCCSC1CC(=O)N(CCCCCC(N)=O)C1=O.NC=O.NC=O. The van der Waals surface area contributed by atoms with Crippen LogP contribution in [0.3, 0.4) is 0 Å². The van der Waals surface area contributed by atoms with Crippen LogP contribution in [0.4, 0.5) is 10.5 Å². The molecule has 0 aromatic heterocycles. The number of allylic oxidation sites excluding steroid dienone is 4. The molecule has 560 valence electrons. The van der Waals surface area contributed by atoms with Crippen molar-refractivity contribution in [2.24, 2.45) is 46.6 Å². The molecule has 9 amide bonds. The Balaban J connectivity index is -0.000000412. The highest BCUT2D eigenvalue weighted by molar-refractivity contribution is 8.00. The number of rotatable bonds is 41. The number of nitrogens with one attached hydrogen (secondary N) is 2. The first-order valence-electron chi connectivity index (χ1n) is 34.7. The zero-order valence-electron chi connectivity index (χ0n) is 63.3. The number of carbonyl (C=O) groups excluding carboxylic acids is 10. The van der Waals surface area contributed by atoms with Crippen molar-refractivity contribution in [2.75, 3.05) is 66.1 Å². The molecule has 0 spiro atoms. The molecule has 2 rings (SSSR count). The number of likely N-dealkylation sites (tertiary alicyclic amines) is 1. The molecule has 1 heterocycles. The van der Waals surface area contributed by atoms with Crippen LogP contribution in [0, 0.1) is 23.7 Å². The summed E-state index contributed by atoms with van der Waals surface area (Å²) in [5, 5.41) is 5.53. The summed E-state index contributed by atoms with van der Waals surface area (Å²) in [5.74, 6) is 1.16. The van der Waals surface area contributed by atoms with E-state index in [0.29, 0.717) is 50.4 Å². The quantitative estimate of drug-likeness (QED) is 0.0117. The Kier molecular flexibility index (Phi) is 63.2. The van der Waals surface area contributed by atoms with Gasteiger partial charge in [-0.2, -0.15) is 0 Å². The maximum atomic E-state index is 13.8. The van der Waals surface area contributed by atoms with Gasteiger partial charge in [-0.3, -0.25) is 43.3 Å². The number of likely N-dealkylation sites (N-methyl/N-ethyl adjacent to an activating group) is 3. The monoisotopic (exact) mass is 1390 g/mol. The second kappa shape index (κ2) is 61.8. The smallest absolute Gasteiger partial charge is 0.410 e. The largest absolute Gasteiger partial charge is 0.445 e. The summed E-state index contributed by atoms with van der Waals surface area (Å²) < 4.78 is 17.0. The molecule has 10 N–H and O–H groups in total. The van der Waals surface area contributed by atoms with Crippen molar-refractivity contribution in [3.63, 3.8) is 0 Å². The molecule has 1 aromatic rings. The van der Waals surface area contributed by atoms with Crippen LogP contribution >= 0.6 is 11.8 Å². The van der Waals surface area contributed by atoms with Gasteiger partial charge in [-0.25, -0.2) is 4.79 Å². The van der Waals surface area contributed by atoms with Crippen molar-refractivity contribution in [1.82, 2.24) is 24.9 Å². The summed E-state index contributed by atoms with van der Waals surface area (Å²) in [6, 6.07) is 6.43. The van der Waals surface area contributed by atoms with Crippen LogP contribution in [0.15, 0.2) is 61.2 Å². The first kappa shape index (κ1) is 99.2. The Bertz CT molecular complexity index is 2350. The normalized spacial score (nSPS) is 14.7. The molecule has 24 heteroatoms. The maximum Gasteiger partial charge on any atom is 0.410 e. The first-order chi connectivity index (χ1) is 45.9. The number of hydrogen-bond acceptors (Lipinski definition) is 16. The third-order valence-electron chi connectivity index (χ3n) is 15.7. The van der Waals surface area contributed by atoms with E-state index >= 15 is 0 Å². The van der Waals surface area contributed by atoms with Crippen molar-refractivity contribution < 1.29 is 62.2 Å². The highest BCUT2D eigenvalue weighted by Gasteiger charge is 2.39. The Morgan fingerprint density at radius 3 is 1.87 bits per heavy atom. The van der Waals surface area contributed by atoms with Gasteiger partial charge in [-0.05, 0) is 119 Å². The molecule has 0 aliphatic carbocycles. The van der Waals surface area contributed by atoms with E-state index in [1.807, 2.05) is 51.7 Å². The predicted molar refractivity (Wildman–Crippen MR) is 397 cm³/mol. The number of imide groups is 1. The lowest BCUT2D eigenvalue weighted by Crippen LogP contribution is -2.53. The number of hydrogen-bond donors (Lipinski definition) is 6. The summed E-state index contributed by atoms with van der Waals surface area (Å²) in [6.45, 7) is 37.8. The van der Waals surface area contributed by atoms with Gasteiger partial charge in [-0.15, -0.1) is 11.8 Å². The minimum atomic E-state index is -0.540. The highest BCUT2D eigenvalue weighted by atomic mass is 32.2. The fraction of sp³-hybridized carbons (Fsp3) is 0.699. The highest BCUT2D eigenvalue weighted by Crippen LogP contribution is 2.29. The van der Waals surface area contributed by atoms with Gasteiger partial charge in [0.15, 0.2) is 0 Å². The second-order valence-electron chi connectivity index (χ2n) is 24.7. The van der Waals surface area contributed by atoms with E-state index in [-0.39, 0.29) is 109 Å². The fourth-order valence-electron chi connectivity index (χ4n) is 9.68. The Labute approximate surface area is 589 Å². The zero-order valence-corrected chi connectivity index (χ0v) is 64.1. The van der Waals surface area contributed by atoms with E-state index in [2.05, 4.69) is 97.6 Å².